The molecule has 0 bridgehead atoms. The number of nitrogens with one attached hydrogen (secondary N) is 1. The standard InChI is InChI=1S/C10H14N6/c11-7-6-12-14-9(7)10-15-13-8-4-2-1-3-5-16(8)10/h6H,1-5,11H2,(H,12,14). The largest absolute Gasteiger partial charge is 0.396 e. The van der Waals surface area contributed by atoms with Crippen molar-refractivity contribution in [2.45, 2.75) is 32.2 Å². The van der Waals surface area contributed by atoms with Crippen molar-refractivity contribution < 1.29 is 0 Å². The molecule has 0 aliphatic carbocycles. The number of aromatic nitrogens is 5. The van der Waals surface area contributed by atoms with Gasteiger partial charge in [-0.05, 0) is 12.8 Å². The molecule has 0 radical (unpaired) electrons. The number of rotatable bonds is 1. The number of hydrogen-bond donors (Lipinski definition) is 2. The number of H-pyrrole nitrogens is 1. The molecule has 84 valence electrons. The van der Waals surface area contributed by atoms with Crippen molar-refractivity contribution in [3.63, 3.8) is 0 Å². The van der Waals surface area contributed by atoms with E-state index >= 15 is 0 Å². The Bertz CT molecular complexity index is 497. The number of fused-ring (bicyclic) bond motifs is 1. The highest BCUT2D eigenvalue weighted by atomic mass is 15.3. The second-order valence-electron chi connectivity index (χ2n) is 4.10. The van der Waals surface area contributed by atoms with Gasteiger partial charge in [-0.1, -0.05) is 6.42 Å². The van der Waals surface area contributed by atoms with Gasteiger partial charge in [0, 0.05) is 13.0 Å². The zero-order valence-electron chi connectivity index (χ0n) is 8.98. The third kappa shape index (κ3) is 1.37. The Balaban J connectivity index is 2.09. The van der Waals surface area contributed by atoms with Gasteiger partial charge in [0.2, 0.25) is 0 Å². The molecular formula is C10H14N6. The first-order valence-corrected chi connectivity index (χ1v) is 5.57. The second-order valence-corrected chi connectivity index (χ2v) is 4.10. The van der Waals surface area contributed by atoms with Crippen LogP contribution >= 0.6 is 0 Å². The van der Waals surface area contributed by atoms with Crippen molar-refractivity contribution in [3.05, 3.63) is 12.0 Å². The number of nitrogen functional groups attached to an aromatic ring is 1. The molecular weight excluding hydrogens is 204 g/mol. The smallest absolute Gasteiger partial charge is 0.184 e. The van der Waals surface area contributed by atoms with Gasteiger partial charge >= 0.3 is 0 Å². The summed E-state index contributed by atoms with van der Waals surface area (Å²) in [6.07, 6.45) is 6.22. The highest BCUT2D eigenvalue weighted by Crippen LogP contribution is 2.24. The third-order valence-electron chi connectivity index (χ3n) is 3.00. The van der Waals surface area contributed by atoms with Crippen molar-refractivity contribution in [3.8, 4) is 11.5 Å². The van der Waals surface area contributed by atoms with E-state index in [4.69, 9.17) is 5.73 Å². The minimum absolute atomic E-state index is 0.624. The van der Waals surface area contributed by atoms with Crippen molar-refractivity contribution in [2.24, 2.45) is 0 Å². The van der Waals surface area contributed by atoms with Crippen molar-refractivity contribution in [2.75, 3.05) is 5.73 Å². The lowest BCUT2D eigenvalue weighted by Gasteiger charge is -2.05. The average Bonchev–Trinajstić information content (AvgIpc) is 2.78. The highest BCUT2D eigenvalue weighted by molar-refractivity contribution is 5.66. The molecule has 1 aliphatic heterocycles. The molecule has 0 fully saturated rings. The molecule has 1 aliphatic rings. The Hall–Kier alpha value is -1.85. The first-order valence-electron chi connectivity index (χ1n) is 5.57. The molecule has 0 atom stereocenters. The molecule has 0 aromatic carbocycles. The number of nitrogens with two attached hydrogens (primary N) is 1. The van der Waals surface area contributed by atoms with Gasteiger partial charge < -0.3 is 10.3 Å². The molecule has 0 saturated heterocycles. The Morgan fingerprint density at radius 2 is 2.19 bits per heavy atom. The van der Waals surface area contributed by atoms with Gasteiger partial charge in [-0.25, -0.2) is 0 Å². The van der Waals surface area contributed by atoms with Crippen LogP contribution in [0.2, 0.25) is 0 Å². The maximum absolute atomic E-state index is 5.83. The number of anilines is 1. The van der Waals surface area contributed by atoms with Gasteiger partial charge in [0.15, 0.2) is 5.82 Å². The number of aryl methyl sites for hydroxylation is 1. The SMILES string of the molecule is Nc1cn[nH]c1-c1nnc2n1CCCCC2. The van der Waals surface area contributed by atoms with Crippen LogP contribution in [0.4, 0.5) is 5.69 Å². The van der Waals surface area contributed by atoms with Gasteiger partial charge in [0.25, 0.3) is 0 Å². The van der Waals surface area contributed by atoms with Crippen LogP contribution in [0.3, 0.4) is 0 Å². The molecule has 2 aromatic rings. The maximum atomic E-state index is 5.83. The molecule has 2 aromatic heterocycles. The van der Waals surface area contributed by atoms with Crippen LogP contribution < -0.4 is 5.73 Å². The van der Waals surface area contributed by atoms with Gasteiger partial charge in [0.05, 0.1) is 11.9 Å². The Kier molecular flexibility index (Phi) is 2.12. The monoisotopic (exact) mass is 218 g/mol. The number of hydrogen-bond acceptors (Lipinski definition) is 4. The van der Waals surface area contributed by atoms with E-state index < -0.39 is 0 Å². The summed E-state index contributed by atoms with van der Waals surface area (Å²) in [5, 5.41) is 15.2. The quantitative estimate of drug-likeness (QED) is 0.747. The number of aromatic amines is 1. The maximum Gasteiger partial charge on any atom is 0.184 e. The van der Waals surface area contributed by atoms with Gasteiger partial charge in [-0.2, -0.15) is 5.10 Å². The summed E-state index contributed by atoms with van der Waals surface area (Å²) >= 11 is 0. The predicted molar refractivity (Wildman–Crippen MR) is 59.6 cm³/mol. The van der Waals surface area contributed by atoms with Crippen LogP contribution in [0.5, 0.6) is 0 Å². The molecule has 16 heavy (non-hydrogen) atoms. The first kappa shape index (κ1) is 9.38. The summed E-state index contributed by atoms with van der Waals surface area (Å²) in [4.78, 5) is 0. The topological polar surface area (TPSA) is 85.4 Å². The van der Waals surface area contributed by atoms with Gasteiger partial charge in [-0.15, -0.1) is 10.2 Å². The molecule has 6 nitrogen and oxygen atoms in total. The lowest BCUT2D eigenvalue weighted by molar-refractivity contribution is 0.636. The van der Waals surface area contributed by atoms with E-state index in [1.807, 2.05) is 0 Å². The van der Waals surface area contributed by atoms with E-state index in [2.05, 4.69) is 25.0 Å². The average molecular weight is 218 g/mol. The predicted octanol–water partition coefficient (Wildman–Crippen LogP) is 0.977. The van der Waals surface area contributed by atoms with E-state index in [1.54, 1.807) is 6.20 Å². The van der Waals surface area contributed by atoms with Gasteiger partial charge in [-0.3, -0.25) is 5.10 Å². The molecule has 3 N–H and O–H groups in total. The van der Waals surface area contributed by atoms with E-state index in [-0.39, 0.29) is 0 Å². The minimum atomic E-state index is 0.624. The van der Waals surface area contributed by atoms with E-state index in [1.165, 1.54) is 19.3 Å². The summed E-state index contributed by atoms with van der Waals surface area (Å²) in [5.41, 5.74) is 7.23. The van der Waals surface area contributed by atoms with Crippen LogP contribution in [0.25, 0.3) is 11.5 Å². The summed E-state index contributed by atoms with van der Waals surface area (Å²) < 4.78 is 2.15. The fraction of sp³-hybridized carbons (Fsp3) is 0.500. The minimum Gasteiger partial charge on any atom is -0.396 e. The zero-order valence-corrected chi connectivity index (χ0v) is 8.98. The van der Waals surface area contributed by atoms with E-state index in [0.29, 0.717) is 5.69 Å². The summed E-state index contributed by atoms with van der Waals surface area (Å²) in [6, 6.07) is 0. The lowest BCUT2D eigenvalue weighted by Crippen LogP contribution is -2.04. The van der Waals surface area contributed by atoms with Crippen LogP contribution in [0, 0.1) is 0 Å². The Labute approximate surface area is 92.9 Å². The van der Waals surface area contributed by atoms with Crippen LogP contribution in [-0.2, 0) is 13.0 Å². The second kappa shape index (κ2) is 3.62. The van der Waals surface area contributed by atoms with E-state index in [9.17, 15) is 0 Å². The molecule has 0 spiro atoms. The highest BCUT2D eigenvalue weighted by Gasteiger charge is 2.18. The zero-order chi connectivity index (χ0) is 11.0. The Morgan fingerprint density at radius 3 is 3.00 bits per heavy atom. The van der Waals surface area contributed by atoms with Crippen LogP contribution in [0.1, 0.15) is 25.1 Å². The first-order chi connectivity index (χ1) is 7.86. The fourth-order valence-corrected chi connectivity index (χ4v) is 2.14. The van der Waals surface area contributed by atoms with Crippen molar-refractivity contribution in [1.29, 1.82) is 0 Å². The molecule has 6 heteroatoms. The molecule has 3 heterocycles. The normalized spacial score (nSPS) is 15.8. The van der Waals surface area contributed by atoms with Crippen LogP contribution in [0.15, 0.2) is 6.20 Å². The van der Waals surface area contributed by atoms with Crippen molar-refractivity contribution >= 4 is 5.69 Å². The molecule has 3 rings (SSSR count). The lowest BCUT2D eigenvalue weighted by atomic mass is 10.2. The molecule has 0 saturated carbocycles. The van der Waals surface area contributed by atoms with Gasteiger partial charge in [0.1, 0.15) is 11.5 Å². The van der Waals surface area contributed by atoms with E-state index in [0.717, 1.165) is 30.3 Å². The number of nitrogens with zero attached hydrogens (tertiary/aromatic N) is 4. The summed E-state index contributed by atoms with van der Waals surface area (Å²) in [5.74, 6) is 1.87. The molecule has 0 unspecified atom stereocenters. The van der Waals surface area contributed by atoms with Crippen molar-refractivity contribution in [1.82, 2.24) is 25.0 Å². The van der Waals surface area contributed by atoms with Crippen LogP contribution in [-0.4, -0.2) is 25.0 Å². The summed E-state index contributed by atoms with van der Waals surface area (Å²) in [6.45, 7) is 0.968. The third-order valence-corrected chi connectivity index (χ3v) is 3.00. The molecule has 0 amide bonds. The Morgan fingerprint density at radius 1 is 1.25 bits per heavy atom. The summed E-state index contributed by atoms with van der Waals surface area (Å²) in [7, 11) is 0. The fourth-order valence-electron chi connectivity index (χ4n) is 2.14.